The molecule has 34 heavy (non-hydrogen) atoms. The van der Waals surface area contributed by atoms with Gasteiger partial charge in [-0.15, -0.1) is 0 Å². The van der Waals surface area contributed by atoms with Crippen molar-refractivity contribution in [3.8, 4) is 5.69 Å². The summed E-state index contributed by atoms with van der Waals surface area (Å²) in [6.07, 6.45) is 0. The second kappa shape index (κ2) is 6.92. The number of anilines is 2. The highest BCUT2D eigenvalue weighted by atomic mass is 79.9. The average molecular weight is 506 g/mol. The number of carbonyl (C=O) groups is 1. The van der Waals surface area contributed by atoms with E-state index in [1.807, 2.05) is 97.1 Å². The van der Waals surface area contributed by atoms with Crippen molar-refractivity contribution in [3.05, 3.63) is 117 Å². The van der Waals surface area contributed by atoms with Crippen molar-refractivity contribution in [2.24, 2.45) is 0 Å². The summed E-state index contributed by atoms with van der Waals surface area (Å²) in [4.78, 5) is 29.6. The number of rotatable bonds is 1. The molecule has 0 saturated carbocycles. The third-order valence-corrected chi connectivity index (χ3v) is 6.97. The van der Waals surface area contributed by atoms with E-state index in [0.29, 0.717) is 22.3 Å². The van der Waals surface area contributed by atoms with Crippen LogP contribution in [0.3, 0.4) is 0 Å². The first-order valence-electron chi connectivity index (χ1n) is 10.9. The second-order valence-corrected chi connectivity index (χ2v) is 9.24. The summed E-state index contributed by atoms with van der Waals surface area (Å²) >= 11 is 3.60. The van der Waals surface area contributed by atoms with Crippen LogP contribution >= 0.6 is 15.9 Å². The van der Waals surface area contributed by atoms with Crippen LogP contribution in [0.2, 0.25) is 0 Å². The molecule has 7 rings (SSSR count). The highest BCUT2D eigenvalue weighted by molar-refractivity contribution is 9.10. The standard InChI is InChI=1S/C28H16BrN3O2/c29-18-14-15-23-24(16-18)30-21-12-6-7-13-22(21)32-26(30)25(19-10-4-5-11-20(19)28(32)34)31(23)27(33)17-8-2-1-3-9-17/h1-16H. The Hall–Kier alpha value is -4.16. The number of aromatic nitrogens is 2. The number of hydrogen-bond acceptors (Lipinski definition) is 2. The van der Waals surface area contributed by atoms with Crippen molar-refractivity contribution in [3.63, 3.8) is 0 Å². The minimum absolute atomic E-state index is 0.102. The number of halogens is 1. The average Bonchev–Trinajstić information content (AvgIpc) is 3.23. The molecule has 0 saturated heterocycles. The summed E-state index contributed by atoms with van der Waals surface area (Å²) in [6.45, 7) is 0. The Morgan fingerprint density at radius 1 is 0.706 bits per heavy atom. The van der Waals surface area contributed by atoms with Gasteiger partial charge in [-0.05, 0) is 48.5 Å². The summed E-state index contributed by atoms with van der Waals surface area (Å²) < 4.78 is 4.72. The fourth-order valence-corrected chi connectivity index (χ4v) is 5.42. The van der Waals surface area contributed by atoms with Gasteiger partial charge in [-0.3, -0.25) is 23.5 Å². The number of imidazole rings is 1. The lowest BCUT2D eigenvalue weighted by molar-refractivity contribution is 0.0999. The van der Waals surface area contributed by atoms with Crippen LogP contribution in [0.25, 0.3) is 33.1 Å². The molecule has 0 aliphatic carbocycles. The zero-order chi connectivity index (χ0) is 23.0. The molecule has 6 aromatic rings. The number of carbonyl (C=O) groups excluding carboxylic acids is 1. The smallest absolute Gasteiger partial charge is 0.264 e. The number of benzene rings is 4. The zero-order valence-electron chi connectivity index (χ0n) is 17.8. The minimum atomic E-state index is -0.147. The van der Waals surface area contributed by atoms with Crippen molar-refractivity contribution in [2.45, 2.75) is 0 Å². The first kappa shape index (κ1) is 19.3. The van der Waals surface area contributed by atoms with E-state index in [4.69, 9.17) is 0 Å². The van der Waals surface area contributed by atoms with E-state index in [1.165, 1.54) is 0 Å². The highest BCUT2D eigenvalue weighted by Gasteiger charge is 2.34. The molecule has 4 aromatic carbocycles. The number of amides is 1. The molecule has 3 heterocycles. The fraction of sp³-hybridized carbons (Fsp3) is 0. The molecule has 2 aromatic heterocycles. The van der Waals surface area contributed by atoms with Gasteiger partial charge in [0.2, 0.25) is 0 Å². The lowest BCUT2D eigenvalue weighted by Crippen LogP contribution is -2.32. The summed E-state index contributed by atoms with van der Waals surface area (Å²) in [5, 5.41) is 1.32. The van der Waals surface area contributed by atoms with E-state index < -0.39 is 0 Å². The molecule has 6 heteroatoms. The predicted molar refractivity (Wildman–Crippen MR) is 139 cm³/mol. The van der Waals surface area contributed by atoms with Gasteiger partial charge in [-0.2, -0.15) is 0 Å². The highest BCUT2D eigenvalue weighted by Crippen LogP contribution is 2.46. The lowest BCUT2D eigenvalue weighted by Gasteiger charge is -2.32. The maximum atomic E-state index is 14.1. The Balaban J connectivity index is 1.76. The molecule has 0 radical (unpaired) electrons. The van der Waals surface area contributed by atoms with E-state index in [1.54, 1.807) is 9.30 Å². The molecule has 0 atom stereocenters. The number of fused-ring (bicyclic) bond motifs is 7. The summed E-state index contributed by atoms with van der Waals surface area (Å²) in [5.74, 6) is -0.147. The maximum absolute atomic E-state index is 14.1. The molecular weight excluding hydrogens is 490 g/mol. The summed E-state index contributed by atoms with van der Waals surface area (Å²) in [7, 11) is 0. The predicted octanol–water partition coefficient (Wildman–Crippen LogP) is 6.45. The molecule has 0 bridgehead atoms. The van der Waals surface area contributed by atoms with Crippen LogP contribution < -0.4 is 10.5 Å². The summed E-state index contributed by atoms with van der Waals surface area (Å²) in [6, 6.07) is 30.5. The Morgan fingerprint density at radius 3 is 2.18 bits per heavy atom. The molecule has 0 N–H and O–H groups in total. The minimum Gasteiger partial charge on any atom is -0.290 e. The Morgan fingerprint density at radius 2 is 1.38 bits per heavy atom. The van der Waals surface area contributed by atoms with Crippen molar-refractivity contribution < 1.29 is 4.79 Å². The Kier molecular flexibility index (Phi) is 3.93. The van der Waals surface area contributed by atoms with E-state index in [9.17, 15) is 9.59 Å². The number of para-hydroxylation sites is 2. The first-order chi connectivity index (χ1) is 16.6. The molecule has 0 spiro atoms. The monoisotopic (exact) mass is 505 g/mol. The third-order valence-electron chi connectivity index (χ3n) is 6.48. The van der Waals surface area contributed by atoms with Gasteiger partial charge in [0.1, 0.15) is 0 Å². The second-order valence-electron chi connectivity index (χ2n) is 8.32. The molecule has 1 aliphatic rings. The summed E-state index contributed by atoms with van der Waals surface area (Å²) in [5.41, 5.74) is 5.16. The Bertz CT molecular complexity index is 1870. The van der Waals surface area contributed by atoms with Crippen molar-refractivity contribution in [1.82, 2.24) is 8.97 Å². The van der Waals surface area contributed by atoms with E-state index in [0.717, 1.165) is 32.3 Å². The molecule has 0 unspecified atom stereocenters. The fourth-order valence-electron chi connectivity index (χ4n) is 5.08. The van der Waals surface area contributed by atoms with Crippen molar-refractivity contribution >= 4 is 60.7 Å². The number of nitrogens with zero attached hydrogens (tertiary/aromatic N) is 3. The van der Waals surface area contributed by atoms with Gasteiger partial charge in [-0.1, -0.05) is 64.5 Å². The van der Waals surface area contributed by atoms with Crippen LogP contribution in [0.5, 0.6) is 0 Å². The van der Waals surface area contributed by atoms with Gasteiger partial charge in [0.05, 0.1) is 28.1 Å². The quantitative estimate of drug-likeness (QED) is 0.257. The van der Waals surface area contributed by atoms with Gasteiger partial charge >= 0.3 is 0 Å². The molecular formula is C28H16BrN3O2. The van der Waals surface area contributed by atoms with E-state index >= 15 is 0 Å². The van der Waals surface area contributed by atoms with Gasteiger partial charge in [0.25, 0.3) is 11.5 Å². The lowest BCUT2D eigenvalue weighted by atomic mass is 10.1. The van der Waals surface area contributed by atoms with Crippen LogP contribution in [0.1, 0.15) is 10.4 Å². The molecule has 0 fully saturated rings. The zero-order valence-corrected chi connectivity index (χ0v) is 19.4. The van der Waals surface area contributed by atoms with Crippen LogP contribution in [0.15, 0.2) is 106 Å². The molecule has 162 valence electrons. The maximum Gasteiger partial charge on any atom is 0.264 e. The van der Waals surface area contributed by atoms with E-state index in [-0.39, 0.29) is 11.5 Å². The van der Waals surface area contributed by atoms with Gasteiger partial charge in [0.15, 0.2) is 5.65 Å². The topological polar surface area (TPSA) is 46.7 Å². The number of pyridine rings is 1. The van der Waals surface area contributed by atoms with Crippen LogP contribution in [0.4, 0.5) is 11.4 Å². The largest absolute Gasteiger partial charge is 0.290 e. The normalized spacial score (nSPS) is 12.4. The first-order valence-corrected chi connectivity index (χ1v) is 11.7. The van der Waals surface area contributed by atoms with Gasteiger partial charge in [0, 0.05) is 20.8 Å². The third kappa shape index (κ3) is 2.43. The van der Waals surface area contributed by atoms with Crippen molar-refractivity contribution in [1.29, 1.82) is 0 Å². The number of hydrogen-bond donors (Lipinski definition) is 0. The molecule has 1 amide bonds. The van der Waals surface area contributed by atoms with Crippen LogP contribution in [0, 0.1) is 0 Å². The Labute approximate surface area is 202 Å². The SMILES string of the molecule is O=C(c1ccccc1)N1c2ccc(Br)cc2-n2c3ccccc3n3c(=O)c4ccccc4c1c23. The van der Waals surface area contributed by atoms with Gasteiger partial charge < -0.3 is 0 Å². The molecule has 1 aliphatic heterocycles. The van der Waals surface area contributed by atoms with Gasteiger partial charge in [-0.25, -0.2) is 0 Å². The van der Waals surface area contributed by atoms with Crippen molar-refractivity contribution in [2.75, 3.05) is 4.90 Å². The van der Waals surface area contributed by atoms with Crippen LogP contribution in [-0.4, -0.2) is 14.9 Å². The van der Waals surface area contributed by atoms with Crippen LogP contribution in [-0.2, 0) is 0 Å². The van der Waals surface area contributed by atoms with E-state index in [2.05, 4.69) is 20.5 Å². The molecule has 5 nitrogen and oxygen atoms in total.